The van der Waals surface area contributed by atoms with Crippen LogP contribution in [0.5, 0.6) is 11.5 Å². The molecule has 0 bridgehead atoms. The zero-order chi connectivity index (χ0) is 28.5. The van der Waals surface area contributed by atoms with Gasteiger partial charge in [-0.3, -0.25) is 9.69 Å². The molecule has 0 atom stereocenters. The number of carboxylic acids is 1. The minimum atomic E-state index is -1.10. The van der Waals surface area contributed by atoms with Crippen LogP contribution in [-0.4, -0.2) is 29.2 Å². The van der Waals surface area contributed by atoms with Gasteiger partial charge in [-0.05, 0) is 73.7 Å². The molecule has 3 aliphatic rings. The lowest BCUT2D eigenvalue weighted by Crippen LogP contribution is -2.28. The van der Waals surface area contributed by atoms with E-state index in [1.807, 2.05) is 18.2 Å². The standard InChI is InChI=1S/C31H24Cl2N2O6/c1-39-25-13-17(7-9-19(25)29(36)37)35-24-10-8-18(14-21(24)31(11-12-31)30(35)38)40-15-20-27(34-41-28(20)16-5-6-16)26-22(32)3-2-4-23(26)33/h2-4,7-10,13-14,16H,5-6,11-12,15H2,1H3,(H,36,37). The molecule has 2 heterocycles. The molecule has 8 nitrogen and oxygen atoms in total. The van der Waals surface area contributed by atoms with E-state index < -0.39 is 11.4 Å². The van der Waals surface area contributed by atoms with Crippen molar-refractivity contribution in [2.75, 3.05) is 12.0 Å². The Kier molecular flexibility index (Phi) is 6.03. The van der Waals surface area contributed by atoms with Crippen LogP contribution >= 0.6 is 23.2 Å². The molecule has 2 fully saturated rings. The summed E-state index contributed by atoms with van der Waals surface area (Å²) in [6.07, 6.45) is 3.51. The largest absolute Gasteiger partial charge is 0.496 e. The molecule has 1 N–H and O–H groups in total. The van der Waals surface area contributed by atoms with E-state index in [2.05, 4.69) is 5.16 Å². The summed E-state index contributed by atoms with van der Waals surface area (Å²) in [4.78, 5) is 26.9. The number of benzene rings is 3. The fourth-order valence-electron chi connectivity index (χ4n) is 5.69. The zero-order valence-corrected chi connectivity index (χ0v) is 23.5. The molecule has 7 rings (SSSR count). The summed E-state index contributed by atoms with van der Waals surface area (Å²) in [5, 5.41) is 14.8. The third kappa shape index (κ3) is 4.16. The number of carboxylic acid groups (broad SMARTS) is 1. The molecular formula is C31H24Cl2N2O6. The SMILES string of the molecule is COc1cc(N2C(=O)C3(CC3)c3cc(OCc4c(-c5c(Cl)cccc5Cl)noc4C4CC4)ccc32)ccc1C(=O)O. The van der Waals surface area contributed by atoms with Crippen molar-refractivity contribution < 1.29 is 28.7 Å². The van der Waals surface area contributed by atoms with E-state index in [4.69, 9.17) is 37.2 Å². The number of nitrogens with zero attached hydrogens (tertiary/aromatic N) is 2. The van der Waals surface area contributed by atoms with E-state index in [0.29, 0.717) is 38.7 Å². The van der Waals surface area contributed by atoms with Crippen molar-refractivity contribution in [1.82, 2.24) is 5.16 Å². The number of aromatic carboxylic acids is 1. The number of ether oxygens (including phenoxy) is 2. The highest BCUT2D eigenvalue weighted by Gasteiger charge is 2.59. The van der Waals surface area contributed by atoms with E-state index in [1.165, 1.54) is 13.2 Å². The minimum Gasteiger partial charge on any atom is -0.496 e. The summed E-state index contributed by atoms with van der Waals surface area (Å²) in [5.41, 5.74) is 3.61. The van der Waals surface area contributed by atoms with E-state index in [0.717, 1.165) is 48.3 Å². The van der Waals surface area contributed by atoms with Gasteiger partial charge in [-0.15, -0.1) is 0 Å². The molecule has 1 amide bonds. The second-order valence-electron chi connectivity index (χ2n) is 10.6. The Hall–Kier alpha value is -4.01. The lowest BCUT2D eigenvalue weighted by atomic mass is 9.98. The van der Waals surface area contributed by atoms with E-state index in [-0.39, 0.29) is 23.8 Å². The van der Waals surface area contributed by atoms with Crippen molar-refractivity contribution in [2.24, 2.45) is 0 Å². The second kappa shape index (κ2) is 9.53. The molecule has 1 aliphatic heterocycles. The Balaban J connectivity index is 1.22. The fraction of sp³-hybridized carbons (Fsp3) is 0.258. The van der Waals surface area contributed by atoms with Gasteiger partial charge in [0.1, 0.15) is 35.1 Å². The van der Waals surface area contributed by atoms with Crippen molar-refractivity contribution in [2.45, 2.75) is 43.6 Å². The molecule has 0 unspecified atom stereocenters. The van der Waals surface area contributed by atoms with E-state index >= 15 is 0 Å². The Morgan fingerprint density at radius 1 is 1.12 bits per heavy atom. The van der Waals surface area contributed by atoms with Crippen LogP contribution in [0.3, 0.4) is 0 Å². The van der Waals surface area contributed by atoms with Crippen molar-refractivity contribution >= 4 is 46.5 Å². The van der Waals surface area contributed by atoms with Gasteiger partial charge in [0.25, 0.3) is 0 Å². The number of hydrogen-bond donors (Lipinski definition) is 1. The maximum Gasteiger partial charge on any atom is 0.339 e. The second-order valence-corrected chi connectivity index (χ2v) is 11.4. The number of hydrogen-bond acceptors (Lipinski definition) is 6. The maximum absolute atomic E-state index is 13.7. The third-order valence-corrected chi connectivity index (χ3v) is 8.74. The molecule has 0 radical (unpaired) electrons. The zero-order valence-electron chi connectivity index (χ0n) is 21.9. The number of rotatable bonds is 8. The van der Waals surface area contributed by atoms with Gasteiger partial charge in [0, 0.05) is 17.5 Å². The third-order valence-electron chi connectivity index (χ3n) is 8.11. The van der Waals surface area contributed by atoms with E-state index in [9.17, 15) is 14.7 Å². The Morgan fingerprint density at radius 3 is 2.54 bits per heavy atom. The fourth-order valence-corrected chi connectivity index (χ4v) is 6.26. The van der Waals surface area contributed by atoms with Gasteiger partial charge in [-0.1, -0.05) is 34.4 Å². The molecule has 0 saturated heterocycles. The normalized spacial score (nSPS) is 16.7. The summed E-state index contributed by atoms with van der Waals surface area (Å²) < 4.78 is 17.4. The number of methoxy groups -OCH3 is 1. The molecule has 1 spiro atoms. The van der Waals surface area contributed by atoms with Crippen LogP contribution in [0.1, 0.15) is 58.8 Å². The van der Waals surface area contributed by atoms with Crippen LogP contribution < -0.4 is 14.4 Å². The topological polar surface area (TPSA) is 102 Å². The van der Waals surface area contributed by atoms with Crippen molar-refractivity contribution in [3.63, 3.8) is 0 Å². The smallest absolute Gasteiger partial charge is 0.339 e. The van der Waals surface area contributed by atoms with Gasteiger partial charge in [0.2, 0.25) is 5.91 Å². The van der Waals surface area contributed by atoms with Gasteiger partial charge in [0.05, 0.1) is 39.5 Å². The molecule has 4 aromatic rings. The summed E-state index contributed by atoms with van der Waals surface area (Å²) in [7, 11) is 1.41. The molecule has 41 heavy (non-hydrogen) atoms. The highest BCUT2D eigenvalue weighted by Crippen LogP contribution is 2.60. The quantitative estimate of drug-likeness (QED) is 0.226. The van der Waals surface area contributed by atoms with Crippen LogP contribution in [0.2, 0.25) is 10.0 Å². The molecule has 208 valence electrons. The van der Waals surface area contributed by atoms with Crippen LogP contribution in [0.25, 0.3) is 11.3 Å². The van der Waals surface area contributed by atoms with Crippen molar-refractivity contribution in [3.8, 4) is 22.8 Å². The van der Waals surface area contributed by atoms with Crippen LogP contribution in [0, 0.1) is 0 Å². The lowest BCUT2D eigenvalue weighted by molar-refractivity contribution is -0.119. The van der Waals surface area contributed by atoms with Crippen molar-refractivity contribution in [1.29, 1.82) is 0 Å². The number of halogens is 2. The van der Waals surface area contributed by atoms with Crippen molar-refractivity contribution in [3.05, 3.63) is 87.1 Å². The molecule has 1 aromatic heterocycles. The predicted octanol–water partition coefficient (Wildman–Crippen LogP) is 7.52. The number of fused-ring (bicyclic) bond motifs is 2. The Morgan fingerprint density at radius 2 is 1.88 bits per heavy atom. The van der Waals surface area contributed by atoms with Gasteiger partial charge in [-0.25, -0.2) is 4.79 Å². The first-order valence-electron chi connectivity index (χ1n) is 13.3. The summed E-state index contributed by atoms with van der Waals surface area (Å²) >= 11 is 13.0. The summed E-state index contributed by atoms with van der Waals surface area (Å²) in [5.74, 6) is 0.746. The number of anilines is 2. The minimum absolute atomic E-state index is 0.0322. The highest BCUT2D eigenvalue weighted by molar-refractivity contribution is 6.39. The monoisotopic (exact) mass is 590 g/mol. The van der Waals surface area contributed by atoms with Gasteiger partial charge in [0.15, 0.2) is 0 Å². The lowest BCUT2D eigenvalue weighted by Gasteiger charge is -2.19. The number of carbonyl (C=O) groups excluding carboxylic acids is 1. The molecular weight excluding hydrogens is 567 g/mol. The van der Waals surface area contributed by atoms with Crippen LogP contribution in [0.4, 0.5) is 11.4 Å². The van der Waals surface area contributed by atoms with Crippen LogP contribution in [0.15, 0.2) is 59.1 Å². The average molecular weight is 591 g/mol. The van der Waals surface area contributed by atoms with Gasteiger partial charge >= 0.3 is 5.97 Å². The Labute approximate surface area is 245 Å². The first-order valence-corrected chi connectivity index (χ1v) is 14.0. The summed E-state index contributed by atoms with van der Waals surface area (Å²) in [6, 6.07) is 15.6. The number of amides is 1. The van der Waals surface area contributed by atoms with Gasteiger partial charge in [-0.2, -0.15) is 0 Å². The summed E-state index contributed by atoms with van der Waals surface area (Å²) in [6.45, 7) is 0.198. The number of aromatic nitrogens is 1. The first kappa shape index (κ1) is 25.9. The van der Waals surface area contributed by atoms with Gasteiger partial charge < -0.3 is 19.1 Å². The average Bonchev–Trinajstić information content (AvgIpc) is 3.89. The highest BCUT2D eigenvalue weighted by atomic mass is 35.5. The van der Waals surface area contributed by atoms with E-state index in [1.54, 1.807) is 35.2 Å². The maximum atomic E-state index is 13.7. The number of carbonyl (C=O) groups is 2. The molecule has 2 saturated carbocycles. The predicted molar refractivity (Wildman–Crippen MR) is 153 cm³/mol. The molecule has 10 heteroatoms. The first-order chi connectivity index (χ1) is 19.8. The Bertz CT molecular complexity index is 1720. The molecule has 3 aromatic carbocycles. The van der Waals surface area contributed by atoms with Crippen LogP contribution in [-0.2, 0) is 16.8 Å². The molecule has 2 aliphatic carbocycles.